The van der Waals surface area contributed by atoms with E-state index in [-0.39, 0.29) is 0 Å². The predicted octanol–water partition coefficient (Wildman–Crippen LogP) is 3.70. The molecule has 1 N–H and O–H groups in total. The minimum atomic E-state index is -3.16. The van der Waals surface area contributed by atoms with Gasteiger partial charge >= 0.3 is 5.76 Å². The molecule has 35 heavy (non-hydrogen) atoms. The zero-order valence-corrected chi connectivity index (χ0v) is 20.6. The number of hydrogen-bond acceptors (Lipinski definition) is 7. The van der Waals surface area contributed by atoms with E-state index in [1.165, 1.54) is 16.7 Å². The molecule has 1 aliphatic heterocycles. The number of piperazine rings is 1. The first-order valence-electron chi connectivity index (χ1n) is 11.3. The predicted molar refractivity (Wildman–Crippen MR) is 138 cm³/mol. The first kappa shape index (κ1) is 24.7. The van der Waals surface area contributed by atoms with Crippen LogP contribution in [0.3, 0.4) is 0 Å². The van der Waals surface area contributed by atoms with E-state index in [9.17, 15) is 13.2 Å². The van der Waals surface area contributed by atoms with E-state index in [0.29, 0.717) is 5.58 Å². The Hall–Kier alpha value is -3.40. The summed E-state index contributed by atoms with van der Waals surface area (Å²) < 4.78 is 28.8. The van der Waals surface area contributed by atoms with Crippen LogP contribution in [0, 0.1) is 0 Å². The average molecular weight is 496 g/mol. The number of rotatable bonds is 5. The Bertz CT molecular complexity index is 1420. The average Bonchev–Trinajstić information content (AvgIpc) is 3.25. The van der Waals surface area contributed by atoms with Crippen LogP contribution in [0.25, 0.3) is 22.2 Å². The standard InChI is InChI=1S/C24H23N3O2.C2H6O3S/c28-24-25-21-10-5-11-22(23(21)29-24)27-14-12-26(13-15-27)17-18-6-4-9-20(16-18)19-7-2-1-3-8-19;1-5-6(2,3)4/h1-11,16H,12-15,17H2,(H,25,28);1-2H3. The van der Waals surface area contributed by atoms with E-state index in [4.69, 9.17) is 4.42 Å². The van der Waals surface area contributed by atoms with E-state index >= 15 is 0 Å². The van der Waals surface area contributed by atoms with Gasteiger partial charge in [0.1, 0.15) is 0 Å². The molecule has 0 amide bonds. The molecule has 1 saturated heterocycles. The van der Waals surface area contributed by atoms with Gasteiger partial charge in [-0.2, -0.15) is 8.42 Å². The molecule has 5 rings (SSSR count). The minimum Gasteiger partial charge on any atom is -0.406 e. The number of aromatic amines is 1. The Kier molecular flexibility index (Phi) is 7.70. The molecule has 0 aliphatic carbocycles. The molecular weight excluding hydrogens is 466 g/mol. The lowest BCUT2D eigenvalue weighted by Gasteiger charge is -2.36. The van der Waals surface area contributed by atoms with Gasteiger partial charge < -0.3 is 9.32 Å². The molecule has 1 aliphatic rings. The Morgan fingerprint density at radius 1 is 0.914 bits per heavy atom. The Morgan fingerprint density at radius 3 is 2.26 bits per heavy atom. The molecule has 1 aromatic heterocycles. The largest absolute Gasteiger partial charge is 0.417 e. The van der Waals surface area contributed by atoms with Crippen molar-refractivity contribution in [3.63, 3.8) is 0 Å². The number of fused-ring (bicyclic) bond motifs is 1. The highest BCUT2D eigenvalue weighted by Crippen LogP contribution is 2.26. The van der Waals surface area contributed by atoms with Crippen LogP contribution >= 0.6 is 0 Å². The number of nitrogens with one attached hydrogen (secondary N) is 1. The summed E-state index contributed by atoms with van der Waals surface area (Å²) in [5.41, 5.74) is 6.25. The van der Waals surface area contributed by atoms with Crippen molar-refractivity contribution < 1.29 is 17.0 Å². The fourth-order valence-corrected chi connectivity index (χ4v) is 4.09. The molecule has 0 unspecified atom stereocenters. The fraction of sp³-hybridized carbons (Fsp3) is 0.269. The van der Waals surface area contributed by atoms with E-state index < -0.39 is 15.9 Å². The topological polar surface area (TPSA) is 95.8 Å². The summed E-state index contributed by atoms with van der Waals surface area (Å²) in [5, 5.41) is 0. The summed E-state index contributed by atoms with van der Waals surface area (Å²) in [6.07, 6.45) is 0.993. The van der Waals surface area contributed by atoms with E-state index in [2.05, 4.69) is 67.5 Å². The second kappa shape index (κ2) is 10.9. The number of oxazole rings is 1. The van der Waals surface area contributed by atoms with Crippen molar-refractivity contribution in [2.45, 2.75) is 6.54 Å². The quantitative estimate of drug-likeness (QED) is 0.422. The number of nitrogens with zero attached hydrogens (tertiary/aromatic N) is 2. The van der Waals surface area contributed by atoms with Crippen molar-refractivity contribution in [3.8, 4) is 11.1 Å². The molecule has 2 heterocycles. The van der Waals surface area contributed by atoms with Crippen LogP contribution in [0.1, 0.15) is 5.56 Å². The maximum atomic E-state index is 11.6. The van der Waals surface area contributed by atoms with Crippen LogP contribution < -0.4 is 10.7 Å². The molecule has 1 fully saturated rings. The van der Waals surface area contributed by atoms with Gasteiger partial charge in [0, 0.05) is 32.7 Å². The normalized spacial score (nSPS) is 14.5. The molecule has 0 spiro atoms. The highest BCUT2D eigenvalue weighted by atomic mass is 32.2. The first-order chi connectivity index (χ1) is 16.8. The first-order valence-corrected chi connectivity index (χ1v) is 13.1. The number of H-pyrrole nitrogens is 1. The molecule has 4 aromatic rings. The maximum absolute atomic E-state index is 11.6. The van der Waals surface area contributed by atoms with Gasteiger partial charge in [0.15, 0.2) is 5.58 Å². The van der Waals surface area contributed by atoms with Gasteiger partial charge in [-0.05, 0) is 34.9 Å². The third-order valence-electron chi connectivity index (χ3n) is 5.88. The highest BCUT2D eigenvalue weighted by molar-refractivity contribution is 7.85. The van der Waals surface area contributed by atoms with Gasteiger partial charge in [0.2, 0.25) is 0 Å². The van der Waals surface area contributed by atoms with Gasteiger partial charge in [-0.3, -0.25) is 14.1 Å². The lowest BCUT2D eigenvalue weighted by molar-refractivity contribution is 0.250. The third-order valence-corrected chi connectivity index (χ3v) is 6.49. The zero-order valence-electron chi connectivity index (χ0n) is 19.8. The SMILES string of the molecule is COS(C)(=O)=O.O=c1[nH]c2cccc(N3CCN(Cc4cccc(-c5ccccc5)c4)CC3)c2o1. The summed E-state index contributed by atoms with van der Waals surface area (Å²) in [5.74, 6) is -0.399. The van der Waals surface area contributed by atoms with Gasteiger partial charge in [0.05, 0.1) is 24.6 Å². The van der Waals surface area contributed by atoms with E-state index in [1.807, 2.05) is 24.3 Å². The van der Waals surface area contributed by atoms with Crippen LogP contribution in [0.15, 0.2) is 82.0 Å². The van der Waals surface area contributed by atoms with Crippen molar-refractivity contribution >= 4 is 26.9 Å². The summed E-state index contributed by atoms with van der Waals surface area (Å²) in [6.45, 7) is 4.71. The van der Waals surface area contributed by atoms with E-state index in [1.54, 1.807) is 0 Å². The second-order valence-corrected chi connectivity index (χ2v) is 10.1. The fourth-order valence-electron chi connectivity index (χ4n) is 4.09. The van der Waals surface area contributed by atoms with Crippen molar-refractivity contribution in [1.82, 2.24) is 9.88 Å². The zero-order chi connectivity index (χ0) is 24.8. The number of hydrogen-bond donors (Lipinski definition) is 1. The molecule has 0 bridgehead atoms. The molecule has 0 radical (unpaired) electrons. The molecule has 0 saturated carbocycles. The summed E-state index contributed by atoms with van der Waals surface area (Å²) in [6, 6.07) is 25.2. The lowest BCUT2D eigenvalue weighted by Crippen LogP contribution is -2.46. The van der Waals surface area contributed by atoms with Crippen LogP contribution in [-0.4, -0.2) is 57.8 Å². The Balaban J connectivity index is 0.000000431. The van der Waals surface area contributed by atoms with Gasteiger partial charge in [-0.1, -0.05) is 54.6 Å². The van der Waals surface area contributed by atoms with Gasteiger partial charge in [0.25, 0.3) is 10.1 Å². The molecule has 8 nitrogen and oxygen atoms in total. The summed E-state index contributed by atoms with van der Waals surface area (Å²) in [4.78, 5) is 19.1. The van der Waals surface area contributed by atoms with Crippen LogP contribution in [0.5, 0.6) is 0 Å². The number of anilines is 1. The highest BCUT2D eigenvalue weighted by Gasteiger charge is 2.20. The lowest BCUT2D eigenvalue weighted by atomic mass is 10.0. The number of benzene rings is 3. The second-order valence-electron chi connectivity index (χ2n) is 8.37. The van der Waals surface area contributed by atoms with Gasteiger partial charge in [-0.15, -0.1) is 0 Å². The molecule has 184 valence electrons. The van der Waals surface area contributed by atoms with Crippen LogP contribution in [0.4, 0.5) is 5.69 Å². The van der Waals surface area contributed by atoms with Crippen molar-refractivity contribution in [1.29, 1.82) is 0 Å². The molecule has 3 aromatic carbocycles. The minimum absolute atomic E-state index is 0.399. The maximum Gasteiger partial charge on any atom is 0.417 e. The van der Waals surface area contributed by atoms with Gasteiger partial charge in [-0.25, -0.2) is 4.79 Å². The third kappa shape index (κ3) is 6.60. The number of aromatic nitrogens is 1. The number of para-hydroxylation sites is 1. The molecule has 9 heteroatoms. The monoisotopic (exact) mass is 495 g/mol. The van der Waals surface area contributed by atoms with Crippen LogP contribution in [-0.2, 0) is 20.8 Å². The summed E-state index contributed by atoms with van der Waals surface area (Å²) >= 11 is 0. The van der Waals surface area contributed by atoms with Crippen molar-refractivity contribution in [2.75, 3.05) is 44.4 Å². The van der Waals surface area contributed by atoms with E-state index in [0.717, 1.165) is 57.3 Å². The van der Waals surface area contributed by atoms with Crippen molar-refractivity contribution in [3.05, 3.63) is 88.9 Å². The smallest absolute Gasteiger partial charge is 0.406 e. The summed E-state index contributed by atoms with van der Waals surface area (Å²) in [7, 11) is -2.04. The Morgan fingerprint density at radius 2 is 1.57 bits per heavy atom. The molecule has 0 atom stereocenters. The van der Waals surface area contributed by atoms with Crippen LogP contribution in [0.2, 0.25) is 0 Å². The molecular formula is C26H29N3O5S. The Labute approximate surface area is 204 Å². The van der Waals surface area contributed by atoms with Crippen molar-refractivity contribution in [2.24, 2.45) is 0 Å².